The predicted molar refractivity (Wildman–Crippen MR) is 98.4 cm³/mol. The number of rotatable bonds is 9. The lowest BCUT2D eigenvalue weighted by Gasteiger charge is -2.24. The van der Waals surface area contributed by atoms with Gasteiger partial charge in [-0.15, -0.1) is 0 Å². The Morgan fingerprint density at radius 1 is 1.15 bits per heavy atom. The summed E-state index contributed by atoms with van der Waals surface area (Å²) in [6, 6.07) is 3.51. The van der Waals surface area contributed by atoms with Crippen LogP contribution in [0.5, 0.6) is 0 Å². The third-order valence-electron chi connectivity index (χ3n) is 3.94. The monoisotopic (exact) mass is 428 g/mol. The number of hydrogen-bond donors (Lipinski definition) is 0. The van der Waals surface area contributed by atoms with E-state index in [0.29, 0.717) is 17.7 Å². The summed E-state index contributed by atoms with van der Waals surface area (Å²) in [5, 5.41) is -0.0885. The highest BCUT2D eigenvalue weighted by Gasteiger charge is 2.34. The van der Waals surface area contributed by atoms with Crippen molar-refractivity contribution in [2.24, 2.45) is 0 Å². The Morgan fingerprint density at radius 2 is 1.74 bits per heavy atom. The molecule has 0 radical (unpaired) electrons. The Bertz CT molecular complexity index is 750. The van der Waals surface area contributed by atoms with Crippen LogP contribution in [0.3, 0.4) is 0 Å². The minimum atomic E-state index is -4.55. The van der Waals surface area contributed by atoms with E-state index in [9.17, 15) is 26.4 Å². The number of unbranched alkanes of at least 4 members (excludes halogenated alkanes) is 1. The molecule has 0 heterocycles. The molecule has 0 spiro atoms. The number of benzene rings is 1. The van der Waals surface area contributed by atoms with Gasteiger partial charge in [0.05, 0.1) is 5.02 Å². The SMILES string of the molecule is CCCCN(CC(F)(F)F)C(=O)c1ccc(Cl)c(S(=O)(=O)N(CC)CC)c1. The van der Waals surface area contributed by atoms with Gasteiger partial charge >= 0.3 is 6.18 Å². The molecule has 0 bridgehead atoms. The summed E-state index contributed by atoms with van der Waals surface area (Å²) < 4.78 is 65.0. The van der Waals surface area contributed by atoms with Gasteiger partial charge in [0.2, 0.25) is 10.0 Å². The molecule has 0 saturated carbocycles. The highest BCUT2D eigenvalue weighted by Crippen LogP contribution is 2.27. The van der Waals surface area contributed by atoms with Gasteiger partial charge in [-0.1, -0.05) is 38.8 Å². The molecule has 0 aromatic heterocycles. The number of amides is 1. The maximum absolute atomic E-state index is 12.8. The van der Waals surface area contributed by atoms with E-state index in [2.05, 4.69) is 0 Å². The van der Waals surface area contributed by atoms with Crippen molar-refractivity contribution < 1.29 is 26.4 Å². The molecule has 1 aromatic carbocycles. The van der Waals surface area contributed by atoms with Crippen LogP contribution in [0, 0.1) is 0 Å². The highest BCUT2D eigenvalue weighted by molar-refractivity contribution is 7.89. The molecule has 10 heteroatoms. The van der Waals surface area contributed by atoms with Gasteiger partial charge in [-0.05, 0) is 24.6 Å². The van der Waals surface area contributed by atoms with Gasteiger partial charge in [0.25, 0.3) is 5.91 Å². The summed E-state index contributed by atoms with van der Waals surface area (Å²) in [6.45, 7) is 4.03. The van der Waals surface area contributed by atoms with Gasteiger partial charge in [-0.3, -0.25) is 4.79 Å². The third-order valence-corrected chi connectivity index (χ3v) is 6.47. The van der Waals surface area contributed by atoms with Crippen LogP contribution >= 0.6 is 11.6 Å². The van der Waals surface area contributed by atoms with Crippen LogP contribution < -0.4 is 0 Å². The number of carbonyl (C=O) groups is 1. The zero-order valence-corrected chi connectivity index (χ0v) is 17.1. The van der Waals surface area contributed by atoms with Gasteiger partial charge in [-0.25, -0.2) is 8.42 Å². The van der Waals surface area contributed by atoms with E-state index < -0.39 is 28.7 Å². The Balaban J connectivity index is 3.31. The minimum absolute atomic E-state index is 0.0738. The molecule has 0 N–H and O–H groups in total. The molecular formula is C17H24ClF3N2O3S. The van der Waals surface area contributed by atoms with Crippen molar-refractivity contribution >= 4 is 27.5 Å². The molecule has 0 aliphatic rings. The lowest BCUT2D eigenvalue weighted by Crippen LogP contribution is -2.39. The molecule has 1 amide bonds. The molecule has 5 nitrogen and oxygen atoms in total. The number of alkyl halides is 3. The summed E-state index contributed by atoms with van der Waals surface area (Å²) >= 11 is 6.00. The first-order valence-electron chi connectivity index (χ1n) is 8.63. The van der Waals surface area contributed by atoms with Crippen LogP contribution in [0.4, 0.5) is 13.2 Å². The summed E-state index contributed by atoms with van der Waals surface area (Å²) in [4.78, 5) is 13.0. The van der Waals surface area contributed by atoms with Crippen molar-refractivity contribution in [2.75, 3.05) is 26.2 Å². The maximum atomic E-state index is 12.8. The molecule has 27 heavy (non-hydrogen) atoms. The van der Waals surface area contributed by atoms with Crippen LogP contribution in [0.1, 0.15) is 44.0 Å². The van der Waals surface area contributed by atoms with Crippen molar-refractivity contribution in [3.05, 3.63) is 28.8 Å². The quantitative estimate of drug-likeness (QED) is 0.593. The summed E-state index contributed by atoms with van der Waals surface area (Å²) in [6.07, 6.45) is -3.53. The molecule has 0 fully saturated rings. The average Bonchev–Trinajstić information content (AvgIpc) is 2.58. The van der Waals surface area contributed by atoms with Crippen LogP contribution in [0.25, 0.3) is 0 Å². The zero-order valence-electron chi connectivity index (χ0n) is 15.5. The van der Waals surface area contributed by atoms with E-state index in [4.69, 9.17) is 11.6 Å². The van der Waals surface area contributed by atoms with Crippen LogP contribution in [0.15, 0.2) is 23.1 Å². The van der Waals surface area contributed by atoms with E-state index in [-0.39, 0.29) is 35.1 Å². The number of halogens is 4. The second kappa shape index (κ2) is 9.75. The number of carbonyl (C=O) groups excluding carboxylic acids is 1. The first-order valence-corrected chi connectivity index (χ1v) is 10.4. The molecular weight excluding hydrogens is 405 g/mol. The smallest absolute Gasteiger partial charge is 0.330 e. The van der Waals surface area contributed by atoms with Crippen molar-refractivity contribution in [1.82, 2.24) is 9.21 Å². The van der Waals surface area contributed by atoms with Gasteiger partial charge in [0.1, 0.15) is 11.4 Å². The predicted octanol–water partition coefficient (Wildman–Crippen LogP) is 4.18. The molecule has 0 atom stereocenters. The van der Waals surface area contributed by atoms with Crippen molar-refractivity contribution in [3.63, 3.8) is 0 Å². The van der Waals surface area contributed by atoms with Gasteiger partial charge < -0.3 is 4.90 Å². The van der Waals surface area contributed by atoms with Crippen molar-refractivity contribution in [3.8, 4) is 0 Å². The molecule has 0 aliphatic heterocycles. The normalized spacial score (nSPS) is 12.4. The van der Waals surface area contributed by atoms with Gasteiger partial charge in [-0.2, -0.15) is 17.5 Å². The van der Waals surface area contributed by atoms with Crippen LogP contribution in [-0.4, -0.2) is 55.9 Å². The Labute approximate surface area is 163 Å². The fourth-order valence-corrected chi connectivity index (χ4v) is 4.50. The summed E-state index contributed by atoms with van der Waals surface area (Å²) in [5.41, 5.74) is -0.148. The molecule has 0 aliphatic carbocycles. The molecule has 1 aromatic rings. The molecule has 154 valence electrons. The van der Waals surface area contributed by atoms with Gasteiger partial charge in [0, 0.05) is 25.2 Å². The topological polar surface area (TPSA) is 57.7 Å². The first-order chi connectivity index (χ1) is 12.5. The van der Waals surface area contributed by atoms with Crippen molar-refractivity contribution in [1.29, 1.82) is 0 Å². The van der Waals surface area contributed by atoms with Crippen LogP contribution in [0.2, 0.25) is 5.02 Å². The van der Waals surface area contributed by atoms with Crippen molar-refractivity contribution in [2.45, 2.75) is 44.7 Å². The van der Waals surface area contributed by atoms with E-state index in [0.717, 1.165) is 10.4 Å². The lowest BCUT2D eigenvalue weighted by molar-refractivity contribution is -0.140. The zero-order chi connectivity index (χ0) is 20.8. The van der Waals surface area contributed by atoms with E-state index in [1.165, 1.54) is 12.1 Å². The number of hydrogen-bond acceptors (Lipinski definition) is 3. The second-order valence-electron chi connectivity index (χ2n) is 5.93. The molecule has 0 unspecified atom stereocenters. The Hall–Kier alpha value is -1.32. The second-order valence-corrected chi connectivity index (χ2v) is 8.24. The summed E-state index contributed by atoms with van der Waals surface area (Å²) in [5.74, 6) is -0.881. The van der Waals surface area contributed by atoms with Crippen LogP contribution in [-0.2, 0) is 10.0 Å². The fraction of sp³-hybridized carbons (Fsp3) is 0.588. The first kappa shape index (κ1) is 23.7. The standard InChI is InChI=1S/C17H24ClF3N2O3S/c1-4-7-10-22(12-17(19,20)21)16(24)13-8-9-14(18)15(11-13)27(25,26)23(5-2)6-3/h8-9,11H,4-7,10,12H2,1-3H3. The lowest BCUT2D eigenvalue weighted by atomic mass is 10.2. The number of sulfonamides is 1. The summed E-state index contributed by atoms with van der Waals surface area (Å²) in [7, 11) is -3.96. The van der Waals surface area contributed by atoms with E-state index in [1.54, 1.807) is 20.8 Å². The largest absolute Gasteiger partial charge is 0.406 e. The minimum Gasteiger partial charge on any atom is -0.330 e. The highest BCUT2D eigenvalue weighted by atomic mass is 35.5. The van der Waals surface area contributed by atoms with E-state index in [1.807, 2.05) is 0 Å². The fourth-order valence-electron chi connectivity index (χ4n) is 2.54. The Kier molecular flexibility index (Phi) is 8.56. The molecule has 0 saturated heterocycles. The number of nitrogens with zero attached hydrogens (tertiary/aromatic N) is 2. The maximum Gasteiger partial charge on any atom is 0.406 e. The average molecular weight is 429 g/mol. The Morgan fingerprint density at radius 3 is 2.22 bits per heavy atom. The molecule has 1 rings (SSSR count). The third kappa shape index (κ3) is 6.36. The van der Waals surface area contributed by atoms with Gasteiger partial charge in [0.15, 0.2) is 0 Å². The van der Waals surface area contributed by atoms with E-state index >= 15 is 0 Å².